The van der Waals surface area contributed by atoms with Crippen LogP contribution in [0.15, 0.2) is 0 Å². The van der Waals surface area contributed by atoms with Gasteiger partial charge >= 0.3 is 0 Å². The highest BCUT2D eigenvalue weighted by atomic mass is 32.2. The molecule has 0 spiro atoms. The molecule has 0 aliphatic carbocycles. The topological polar surface area (TPSA) is 46.2 Å². The van der Waals surface area contributed by atoms with Crippen LogP contribution in [0.25, 0.3) is 0 Å². The molecule has 2 nitrogen and oxygen atoms in total. The Kier molecular flexibility index (Phi) is 6.01. The molecule has 0 fully saturated rings. The van der Waals surface area contributed by atoms with Crippen molar-refractivity contribution in [3.63, 3.8) is 0 Å². The lowest BCUT2D eigenvalue weighted by Gasteiger charge is -2.15. The van der Waals surface area contributed by atoms with Gasteiger partial charge in [-0.3, -0.25) is 0 Å². The minimum absolute atomic E-state index is 0.504. The summed E-state index contributed by atoms with van der Waals surface area (Å²) in [7, 11) is 0. The molecule has 0 unspecified atom stereocenters. The molecule has 0 atom stereocenters. The normalized spacial score (nSPS) is 12.0. The van der Waals surface area contributed by atoms with E-state index < -0.39 is 5.60 Å². The fourth-order valence-corrected chi connectivity index (χ4v) is 1.83. The second kappa shape index (κ2) is 5.86. The van der Waals surface area contributed by atoms with Crippen LogP contribution in [0.5, 0.6) is 0 Å². The van der Waals surface area contributed by atoms with Crippen LogP contribution >= 0.6 is 11.8 Å². The zero-order valence-electron chi connectivity index (χ0n) is 7.47. The Morgan fingerprint density at radius 2 is 2.00 bits per heavy atom. The zero-order chi connectivity index (χ0) is 8.74. The van der Waals surface area contributed by atoms with E-state index in [1.807, 2.05) is 25.6 Å². The first-order valence-corrected chi connectivity index (χ1v) is 5.22. The van der Waals surface area contributed by atoms with Crippen LogP contribution in [-0.4, -0.2) is 28.8 Å². The highest BCUT2D eigenvalue weighted by Gasteiger charge is 2.10. The number of nitrogens with two attached hydrogens (primary N) is 1. The molecule has 0 radical (unpaired) electrons. The molecule has 0 aromatic heterocycles. The van der Waals surface area contributed by atoms with Gasteiger partial charge in [0.1, 0.15) is 0 Å². The Labute approximate surface area is 73.6 Å². The smallest absolute Gasteiger partial charge is 0.0599 e. The van der Waals surface area contributed by atoms with Gasteiger partial charge in [-0.1, -0.05) is 0 Å². The van der Waals surface area contributed by atoms with Crippen LogP contribution in [0.2, 0.25) is 0 Å². The van der Waals surface area contributed by atoms with E-state index in [0.717, 1.165) is 30.9 Å². The minimum Gasteiger partial charge on any atom is -0.390 e. The van der Waals surface area contributed by atoms with Crippen molar-refractivity contribution in [1.29, 1.82) is 0 Å². The summed E-state index contributed by atoms with van der Waals surface area (Å²) in [5.74, 6) is 2.15. The minimum atomic E-state index is -0.504. The molecule has 68 valence electrons. The fraction of sp³-hybridized carbons (Fsp3) is 1.00. The van der Waals surface area contributed by atoms with Gasteiger partial charge in [-0.05, 0) is 44.7 Å². The molecular formula is C8H19NOS. The molecule has 0 aliphatic heterocycles. The van der Waals surface area contributed by atoms with Crippen LogP contribution in [0.4, 0.5) is 0 Å². The maximum atomic E-state index is 9.34. The largest absolute Gasteiger partial charge is 0.390 e. The lowest BCUT2D eigenvalue weighted by Crippen LogP contribution is -2.19. The number of rotatable bonds is 6. The Hall–Kier alpha value is 0.270. The summed E-state index contributed by atoms with van der Waals surface area (Å²) < 4.78 is 0. The van der Waals surface area contributed by atoms with Crippen LogP contribution < -0.4 is 5.73 Å². The molecular weight excluding hydrogens is 158 g/mol. The molecule has 0 rings (SSSR count). The van der Waals surface area contributed by atoms with Gasteiger partial charge in [0.25, 0.3) is 0 Å². The van der Waals surface area contributed by atoms with Gasteiger partial charge < -0.3 is 10.8 Å². The van der Waals surface area contributed by atoms with Crippen LogP contribution in [0.3, 0.4) is 0 Å². The number of thioether (sulfide) groups is 1. The van der Waals surface area contributed by atoms with E-state index in [2.05, 4.69) is 0 Å². The summed E-state index contributed by atoms with van der Waals surface area (Å²) in [5, 5.41) is 9.34. The highest BCUT2D eigenvalue weighted by molar-refractivity contribution is 7.99. The monoisotopic (exact) mass is 177 g/mol. The number of aliphatic hydroxyl groups is 1. The van der Waals surface area contributed by atoms with Crippen LogP contribution in [0, 0.1) is 0 Å². The van der Waals surface area contributed by atoms with E-state index >= 15 is 0 Å². The second-order valence-electron chi connectivity index (χ2n) is 3.32. The van der Waals surface area contributed by atoms with Crippen molar-refractivity contribution in [2.75, 3.05) is 18.1 Å². The summed E-state index contributed by atoms with van der Waals surface area (Å²) in [5.41, 5.74) is 4.83. The Bertz CT molecular complexity index is 90.6. The van der Waals surface area contributed by atoms with Crippen molar-refractivity contribution in [2.45, 2.75) is 32.3 Å². The summed E-state index contributed by atoms with van der Waals surface area (Å²) in [6, 6.07) is 0. The molecule has 0 aromatic rings. The van der Waals surface area contributed by atoms with Gasteiger partial charge in [0.15, 0.2) is 0 Å². The van der Waals surface area contributed by atoms with E-state index in [1.54, 1.807) is 0 Å². The first kappa shape index (κ1) is 11.3. The lowest BCUT2D eigenvalue weighted by atomic mass is 10.1. The van der Waals surface area contributed by atoms with Gasteiger partial charge in [-0.2, -0.15) is 11.8 Å². The molecule has 0 heterocycles. The maximum absolute atomic E-state index is 9.34. The zero-order valence-corrected chi connectivity index (χ0v) is 8.28. The fourth-order valence-electron chi connectivity index (χ4n) is 0.609. The van der Waals surface area contributed by atoms with Crippen molar-refractivity contribution in [3.8, 4) is 0 Å². The van der Waals surface area contributed by atoms with E-state index in [9.17, 15) is 5.11 Å². The first-order valence-electron chi connectivity index (χ1n) is 4.06. The maximum Gasteiger partial charge on any atom is 0.0599 e. The van der Waals surface area contributed by atoms with Crippen LogP contribution in [0.1, 0.15) is 26.7 Å². The van der Waals surface area contributed by atoms with E-state index in [1.165, 1.54) is 0 Å². The standard InChI is InChI=1S/C8H19NOS/c1-8(2,10)4-7-11-6-3-5-9/h10H,3-7,9H2,1-2H3. The first-order chi connectivity index (χ1) is 5.06. The molecule has 3 heteroatoms. The molecule has 0 aliphatic rings. The summed E-state index contributed by atoms with van der Waals surface area (Å²) in [6.45, 7) is 4.46. The highest BCUT2D eigenvalue weighted by Crippen LogP contribution is 2.12. The lowest BCUT2D eigenvalue weighted by molar-refractivity contribution is 0.0778. The average molecular weight is 177 g/mol. The van der Waals surface area contributed by atoms with Crippen molar-refractivity contribution < 1.29 is 5.11 Å². The van der Waals surface area contributed by atoms with Gasteiger partial charge in [-0.15, -0.1) is 0 Å². The summed E-state index contributed by atoms with van der Waals surface area (Å²) in [4.78, 5) is 0. The summed E-state index contributed by atoms with van der Waals surface area (Å²) in [6.07, 6.45) is 1.94. The van der Waals surface area contributed by atoms with Crippen molar-refractivity contribution >= 4 is 11.8 Å². The van der Waals surface area contributed by atoms with Crippen LogP contribution in [-0.2, 0) is 0 Å². The van der Waals surface area contributed by atoms with E-state index in [-0.39, 0.29) is 0 Å². The molecule has 0 saturated heterocycles. The predicted octanol–water partition coefficient (Wildman–Crippen LogP) is 1.23. The third kappa shape index (κ3) is 10.3. The Morgan fingerprint density at radius 3 is 2.45 bits per heavy atom. The van der Waals surface area contributed by atoms with E-state index in [4.69, 9.17) is 5.73 Å². The van der Waals surface area contributed by atoms with Crippen molar-refractivity contribution in [3.05, 3.63) is 0 Å². The number of hydrogen-bond donors (Lipinski definition) is 2. The van der Waals surface area contributed by atoms with Gasteiger partial charge in [0.2, 0.25) is 0 Å². The molecule has 0 aromatic carbocycles. The second-order valence-corrected chi connectivity index (χ2v) is 4.54. The van der Waals surface area contributed by atoms with Gasteiger partial charge in [0.05, 0.1) is 5.60 Å². The number of hydrogen-bond acceptors (Lipinski definition) is 3. The third-order valence-corrected chi connectivity index (χ3v) is 2.42. The van der Waals surface area contributed by atoms with Crippen molar-refractivity contribution in [1.82, 2.24) is 0 Å². The SMILES string of the molecule is CC(C)(O)CCSCCCN. The molecule has 3 N–H and O–H groups in total. The predicted molar refractivity (Wildman–Crippen MR) is 51.9 cm³/mol. The van der Waals surface area contributed by atoms with Gasteiger partial charge in [0, 0.05) is 0 Å². The summed E-state index contributed by atoms with van der Waals surface area (Å²) >= 11 is 1.86. The molecule has 0 saturated carbocycles. The molecule has 11 heavy (non-hydrogen) atoms. The average Bonchev–Trinajstić information content (AvgIpc) is 1.85. The molecule has 0 amide bonds. The third-order valence-electron chi connectivity index (χ3n) is 1.35. The van der Waals surface area contributed by atoms with Crippen molar-refractivity contribution in [2.24, 2.45) is 5.73 Å². The van der Waals surface area contributed by atoms with E-state index in [0.29, 0.717) is 0 Å². The Balaban J connectivity index is 3.02. The Morgan fingerprint density at radius 1 is 1.36 bits per heavy atom. The van der Waals surface area contributed by atoms with Gasteiger partial charge in [-0.25, -0.2) is 0 Å². The quantitative estimate of drug-likeness (QED) is 0.600. The molecule has 0 bridgehead atoms.